The van der Waals surface area contributed by atoms with E-state index in [4.69, 9.17) is 9.47 Å². The summed E-state index contributed by atoms with van der Waals surface area (Å²) in [5, 5.41) is 10.9. The molecule has 0 bridgehead atoms. The number of nitrogens with zero attached hydrogens (tertiary/aromatic N) is 1. The first-order valence-electron chi connectivity index (χ1n) is 6.81. The minimum atomic E-state index is -0.871. The standard InChI is InChI=1S/C15H13N3O5/c19-14(10-5-7-18(21)8-6-10)16-17-15(20)13-9-22-11-3-1-2-4-12(11)23-13/h1-8,13H,9H2,(H,16,19)(H,17,20). The third-order valence-electron chi connectivity index (χ3n) is 3.16. The van der Waals surface area contributed by atoms with E-state index in [-0.39, 0.29) is 12.2 Å². The van der Waals surface area contributed by atoms with Crippen LogP contribution in [-0.4, -0.2) is 24.5 Å². The number of carbonyl (C=O) groups is 2. The molecule has 1 aromatic carbocycles. The zero-order valence-electron chi connectivity index (χ0n) is 11.9. The Kier molecular flexibility index (Phi) is 3.96. The predicted molar refractivity (Wildman–Crippen MR) is 77.4 cm³/mol. The van der Waals surface area contributed by atoms with E-state index >= 15 is 0 Å². The van der Waals surface area contributed by atoms with E-state index in [9.17, 15) is 14.8 Å². The number of para-hydroxylation sites is 2. The summed E-state index contributed by atoms with van der Waals surface area (Å²) < 4.78 is 11.5. The second-order valence-electron chi connectivity index (χ2n) is 4.75. The zero-order valence-corrected chi connectivity index (χ0v) is 11.9. The molecular formula is C15H13N3O5. The molecule has 2 heterocycles. The van der Waals surface area contributed by atoms with Crippen LogP contribution in [0.15, 0.2) is 48.8 Å². The van der Waals surface area contributed by atoms with Crippen LogP contribution in [-0.2, 0) is 4.79 Å². The number of hydrogen-bond donors (Lipinski definition) is 2. The van der Waals surface area contributed by atoms with Gasteiger partial charge in [-0.25, -0.2) is 0 Å². The SMILES string of the molecule is O=C(NNC(=O)C1COc2ccccc2O1)c1cc[n+]([O-])cc1. The molecule has 2 aromatic rings. The average molecular weight is 315 g/mol. The highest BCUT2D eigenvalue weighted by atomic mass is 16.6. The number of aromatic nitrogens is 1. The van der Waals surface area contributed by atoms with E-state index in [1.54, 1.807) is 24.3 Å². The number of hydrazine groups is 1. The van der Waals surface area contributed by atoms with Gasteiger partial charge in [0.15, 0.2) is 23.9 Å². The highest BCUT2D eigenvalue weighted by molar-refractivity contribution is 5.95. The van der Waals surface area contributed by atoms with E-state index in [2.05, 4.69) is 10.9 Å². The van der Waals surface area contributed by atoms with Crippen LogP contribution in [0.25, 0.3) is 0 Å². The van der Waals surface area contributed by atoms with Gasteiger partial charge in [0.2, 0.25) is 6.10 Å². The first-order chi connectivity index (χ1) is 11.1. The van der Waals surface area contributed by atoms with Gasteiger partial charge in [0, 0.05) is 12.1 Å². The summed E-state index contributed by atoms with van der Waals surface area (Å²) in [5.74, 6) is -0.0529. The van der Waals surface area contributed by atoms with Gasteiger partial charge < -0.3 is 14.7 Å². The van der Waals surface area contributed by atoms with E-state index in [0.29, 0.717) is 16.2 Å². The molecule has 0 spiro atoms. The molecular weight excluding hydrogens is 302 g/mol. The Bertz CT molecular complexity index is 732. The maximum absolute atomic E-state index is 12.0. The third kappa shape index (κ3) is 3.31. The van der Waals surface area contributed by atoms with E-state index in [1.807, 2.05) is 0 Å². The van der Waals surface area contributed by atoms with Gasteiger partial charge in [0.25, 0.3) is 11.8 Å². The first kappa shape index (κ1) is 14.6. The van der Waals surface area contributed by atoms with Crippen molar-refractivity contribution in [3.63, 3.8) is 0 Å². The molecule has 8 nitrogen and oxygen atoms in total. The Labute approximate surface area is 131 Å². The molecule has 23 heavy (non-hydrogen) atoms. The van der Waals surface area contributed by atoms with Crippen molar-refractivity contribution in [2.24, 2.45) is 0 Å². The smallest absolute Gasteiger partial charge is 0.283 e. The molecule has 0 fully saturated rings. The second kappa shape index (κ2) is 6.22. The van der Waals surface area contributed by atoms with Crippen molar-refractivity contribution in [3.8, 4) is 11.5 Å². The van der Waals surface area contributed by atoms with Crippen LogP contribution in [0.2, 0.25) is 0 Å². The fraction of sp³-hybridized carbons (Fsp3) is 0.133. The molecule has 1 unspecified atom stereocenters. The van der Waals surface area contributed by atoms with E-state index in [1.165, 1.54) is 24.5 Å². The highest BCUT2D eigenvalue weighted by Crippen LogP contribution is 2.30. The van der Waals surface area contributed by atoms with Crippen LogP contribution >= 0.6 is 0 Å². The second-order valence-corrected chi connectivity index (χ2v) is 4.75. The van der Waals surface area contributed by atoms with Crippen molar-refractivity contribution in [3.05, 3.63) is 59.6 Å². The number of nitrogens with one attached hydrogen (secondary N) is 2. The van der Waals surface area contributed by atoms with Crippen molar-refractivity contribution in [2.75, 3.05) is 6.61 Å². The quantitative estimate of drug-likeness (QED) is 0.458. The van der Waals surface area contributed by atoms with Crippen molar-refractivity contribution >= 4 is 11.8 Å². The first-order valence-corrected chi connectivity index (χ1v) is 6.81. The third-order valence-corrected chi connectivity index (χ3v) is 3.16. The molecule has 0 saturated heterocycles. The summed E-state index contributed by atoms with van der Waals surface area (Å²) >= 11 is 0. The number of fused-ring (bicyclic) bond motifs is 1. The lowest BCUT2D eigenvalue weighted by molar-refractivity contribution is -0.605. The van der Waals surface area contributed by atoms with Crippen molar-refractivity contribution in [2.45, 2.75) is 6.10 Å². The number of hydrogen-bond acceptors (Lipinski definition) is 5. The monoisotopic (exact) mass is 315 g/mol. The summed E-state index contributed by atoms with van der Waals surface area (Å²) in [4.78, 5) is 23.8. The Morgan fingerprint density at radius 1 is 1.09 bits per heavy atom. The summed E-state index contributed by atoms with van der Waals surface area (Å²) in [7, 11) is 0. The molecule has 1 aliphatic rings. The maximum Gasteiger partial charge on any atom is 0.283 e. The van der Waals surface area contributed by atoms with Crippen LogP contribution in [0, 0.1) is 5.21 Å². The average Bonchev–Trinajstić information content (AvgIpc) is 2.59. The summed E-state index contributed by atoms with van der Waals surface area (Å²) in [6.07, 6.45) is 1.50. The van der Waals surface area contributed by atoms with E-state index < -0.39 is 17.9 Å². The minimum absolute atomic E-state index is 0.0419. The molecule has 1 atom stereocenters. The Morgan fingerprint density at radius 3 is 2.52 bits per heavy atom. The fourth-order valence-corrected chi connectivity index (χ4v) is 1.98. The highest BCUT2D eigenvalue weighted by Gasteiger charge is 2.27. The molecule has 0 aliphatic carbocycles. The van der Waals surface area contributed by atoms with Gasteiger partial charge in [0.1, 0.15) is 6.61 Å². The summed E-state index contributed by atoms with van der Waals surface area (Å²) in [6, 6.07) is 9.67. The van der Waals surface area contributed by atoms with Crippen LogP contribution in [0.4, 0.5) is 0 Å². The molecule has 8 heteroatoms. The predicted octanol–water partition coefficient (Wildman–Crippen LogP) is -0.0790. The van der Waals surface area contributed by atoms with Crippen molar-refractivity contribution < 1.29 is 23.8 Å². The summed E-state index contributed by atoms with van der Waals surface area (Å²) in [5.41, 5.74) is 4.76. The lowest BCUT2D eigenvalue weighted by atomic mass is 10.2. The molecule has 2 amide bonds. The molecule has 2 N–H and O–H groups in total. The summed E-state index contributed by atoms with van der Waals surface area (Å²) in [6.45, 7) is 0.0419. The number of carbonyl (C=O) groups excluding carboxylic acids is 2. The number of rotatable bonds is 2. The number of benzene rings is 1. The molecule has 118 valence electrons. The molecule has 0 saturated carbocycles. The Hall–Kier alpha value is -3.29. The van der Waals surface area contributed by atoms with Gasteiger partial charge in [-0.3, -0.25) is 20.4 Å². The van der Waals surface area contributed by atoms with Gasteiger partial charge in [-0.1, -0.05) is 12.1 Å². The topological polar surface area (TPSA) is 104 Å². The lowest BCUT2D eigenvalue weighted by Crippen LogP contribution is -2.50. The molecule has 3 rings (SSSR count). The minimum Gasteiger partial charge on any atom is -0.619 e. The van der Waals surface area contributed by atoms with Crippen LogP contribution in [0.1, 0.15) is 10.4 Å². The van der Waals surface area contributed by atoms with Crippen LogP contribution in [0.5, 0.6) is 11.5 Å². The molecule has 1 aromatic heterocycles. The fourth-order valence-electron chi connectivity index (χ4n) is 1.98. The number of ether oxygens (including phenoxy) is 2. The maximum atomic E-state index is 12.0. The van der Waals surface area contributed by atoms with Gasteiger partial charge >= 0.3 is 0 Å². The van der Waals surface area contributed by atoms with Crippen LogP contribution < -0.4 is 25.1 Å². The number of amides is 2. The number of pyridine rings is 1. The zero-order chi connectivity index (χ0) is 16.2. The van der Waals surface area contributed by atoms with E-state index in [0.717, 1.165) is 0 Å². The largest absolute Gasteiger partial charge is 0.619 e. The normalized spacial score (nSPS) is 15.6. The lowest BCUT2D eigenvalue weighted by Gasteiger charge is -2.25. The van der Waals surface area contributed by atoms with Gasteiger partial charge in [-0.05, 0) is 12.1 Å². The molecule has 0 radical (unpaired) electrons. The van der Waals surface area contributed by atoms with Gasteiger partial charge in [0.05, 0.1) is 5.56 Å². The van der Waals surface area contributed by atoms with Crippen LogP contribution in [0.3, 0.4) is 0 Å². The van der Waals surface area contributed by atoms with Gasteiger partial charge in [-0.2, -0.15) is 4.73 Å². The molecule has 1 aliphatic heterocycles. The van der Waals surface area contributed by atoms with Crippen molar-refractivity contribution in [1.82, 2.24) is 10.9 Å². The Morgan fingerprint density at radius 2 is 1.78 bits per heavy atom. The Balaban J connectivity index is 1.56. The van der Waals surface area contributed by atoms with Crippen molar-refractivity contribution in [1.29, 1.82) is 0 Å². The van der Waals surface area contributed by atoms with Gasteiger partial charge in [-0.15, -0.1) is 0 Å².